The minimum atomic E-state index is 0.186. The third-order valence-corrected chi connectivity index (χ3v) is 3.91. The molecule has 5 heteroatoms. The molecular weight excluding hydrogens is 360 g/mol. The molecule has 0 aliphatic rings. The summed E-state index contributed by atoms with van der Waals surface area (Å²) in [4.78, 5) is 4.50. The van der Waals surface area contributed by atoms with Gasteiger partial charge in [0.2, 0.25) is 0 Å². The number of hydrogen-bond donors (Lipinski definition) is 2. The smallest absolute Gasteiger partial charge is 0.156 e. The molecule has 1 aromatic heterocycles. The van der Waals surface area contributed by atoms with Crippen molar-refractivity contribution in [3.8, 4) is 5.75 Å². The van der Waals surface area contributed by atoms with Gasteiger partial charge in [0, 0.05) is 16.4 Å². The molecule has 96 valence electrons. The zero-order valence-corrected chi connectivity index (χ0v) is 13.2. The summed E-state index contributed by atoms with van der Waals surface area (Å²) in [6.07, 6.45) is 1.09. The van der Waals surface area contributed by atoms with E-state index in [-0.39, 0.29) is 5.75 Å². The van der Waals surface area contributed by atoms with Crippen molar-refractivity contribution in [3.63, 3.8) is 0 Å². The molecule has 0 atom stereocenters. The molecule has 0 amide bonds. The standard InChI is InChI=1S/C13H14Br2N2O/c1-2-5-16-7-8-3-4-9-10(14)6-11(15)13(18)12(9)17-8/h3-4,6,16,18H,2,5,7H2,1H3. The van der Waals surface area contributed by atoms with Gasteiger partial charge in [0.05, 0.1) is 10.2 Å². The van der Waals surface area contributed by atoms with Crippen LogP contribution in [0, 0.1) is 0 Å². The first-order valence-corrected chi connectivity index (χ1v) is 7.39. The highest BCUT2D eigenvalue weighted by atomic mass is 79.9. The Labute approximate surface area is 123 Å². The van der Waals surface area contributed by atoms with E-state index in [4.69, 9.17) is 0 Å². The Balaban J connectivity index is 2.40. The van der Waals surface area contributed by atoms with E-state index in [1.165, 1.54) is 0 Å². The van der Waals surface area contributed by atoms with Gasteiger partial charge in [-0.25, -0.2) is 4.98 Å². The summed E-state index contributed by atoms with van der Waals surface area (Å²) in [6.45, 7) is 3.81. The second-order valence-electron chi connectivity index (χ2n) is 4.06. The van der Waals surface area contributed by atoms with Crippen LogP contribution < -0.4 is 5.32 Å². The number of hydrogen-bond acceptors (Lipinski definition) is 3. The number of aromatic nitrogens is 1. The van der Waals surface area contributed by atoms with Crippen LogP contribution in [0.5, 0.6) is 5.75 Å². The highest BCUT2D eigenvalue weighted by Gasteiger charge is 2.10. The van der Waals surface area contributed by atoms with Crippen LogP contribution in [0.15, 0.2) is 27.1 Å². The Hall–Kier alpha value is -0.650. The van der Waals surface area contributed by atoms with Crippen molar-refractivity contribution >= 4 is 42.8 Å². The Morgan fingerprint density at radius 1 is 1.28 bits per heavy atom. The second kappa shape index (κ2) is 5.99. The Kier molecular flexibility index (Phi) is 4.59. The van der Waals surface area contributed by atoms with Gasteiger partial charge in [-0.15, -0.1) is 0 Å². The first-order valence-electron chi connectivity index (χ1n) is 5.80. The summed E-state index contributed by atoms with van der Waals surface area (Å²) in [5.74, 6) is 0.186. The van der Waals surface area contributed by atoms with Gasteiger partial charge in [-0.3, -0.25) is 0 Å². The number of fused-ring (bicyclic) bond motifs is 1. The number of halogens is 2. The summed E-state index contributed by atoms with van der Waals surface area (Å²) in [5, 5.41) is 14.2. The molecule has 0 radical (unpaired) electrons. The predicted octanol–water partition coefficient (Wildman–Crippen LogP) is 3.97. The van der Waals surface area contributed by atoms with Crippen LogP contribution in [0.2, 0.25) is 0 Å². The molecule has 0 aliphatic carbocycles. The van der Waals surface area contributed by atoms with Crippen molar-refractivity contribution in [2.24, 2.45) is 0 Å². The highest BCUT2D eigenvalue weighted by molar-refractivity contribution is 9.11. The van der Waals surface area contributed by atoms with E-state index in [0.29, 0.717) is 16.5 Å². The Morgan fingerprint density at radius 2 is 2.06 bits per heavy atom. The predicted molar refractivity (Wildman–Crippen MR) is 80.8 cm³/mol. The number of phenolic OH excluding ortho intramolecular Hbond substituents is 1. The van der Waals surface area contributed by atoms with E-state index >= 15 is 0 Å². The summed E-state index contributed by atoms with van der Waals surface area (Å²) >= 11 is 6.79. The first-order chi connectivity index (χ1) is 8.63. The molecule has 3 nitrogen and oxygen atoms in total. The molecule has 0 saturated carbocycles. The lowest BCUT2D eigenvalue weighted by Gasteiger charge is -2.08. The van der Waals surface area contributed by atoms with E-state index < -0.39 is 0 Å². The monoisotopic (exact) mass is 372 g/mol. The molecule has 0 aliphatic heterocycles. The lowest BCUT2D eigenvalue weighted by atomic mass is 10.2. The molecule has 0 bridgehead atoms. The van der Waals surface area contributed by atoms with Crippen LogP contribution in [0.4, 0.5) is 0 Å². The van der Waals surface area contributed by atoms with Crippen molar-refractivity contribution in [1.82, 2.24) is 10.3 Å². The fraction of sp³-hybridized carbons (Fsp3) is 0.308. The summed E-state index contributed by atoms with van der Waals surface area (Å²) in [6, 6.07) is 5.78. The molecule has 0 unspecified atom stereocenters. The summed E-state index contributed by atoms with van der Waals surface area (Å²) in [7, 11) is 0. The molecule has 0 saturated heterocycles. The number of nitrogens with zero attached hydrogens (tertiary/aromatic N) is 1. The number of benzene rings is 1. The van der Waals surface area contributed by atoms with Crippen LogP contribution in [0.1, 0.15) is 19.0 Å². The van der Waals surface area contributed by atoms with Crippen molar-refractivity contribution in [2.45, 2.75) is 19.9 Å². The van der Waals surface area contributed by atoms with E-state index in [9.17, 15) is 5.11 Å². The van der Waals surface area contributed by atoms with Gasteiger partial charge in [0.25, 0.3) is 0 Å². The molecule has 2 aromatic rings. The number of nitrogens with one attached hydrogen (secondary N) is 1. The van der Waals surface area contributed by atoms with Gasteiger partial charge in [-0.05, 0) is 47.1 Å². The number of aromatic hydroxyl groups is 1. The van der Waals surface area contributed by atoms with Gasteiger partial charge in [-0.2, -0.15) is 0 Å². The maximum atomic E-state index is 10.0. The van der Waals surface area contributed by atoms with Crippen LogP contribution in [-0.2, 0) is 6.54 Å². The third kappa shape index (κ3) is 2.84. The zero-order chi connectivity index (χ0) is 13.1. The van der Waals surface area contributed by atoms with Crippen molar-refractivity contribution in [1.29, 1.82) is 0 Å². The lowest BCUT2D eigenvalue weighted by molar-refractivity contribution is 0.476. The van der Waals surface area contributed by atoms with Crippen LogP contribution >= 0.6 is 31.9 Å². The normalized spacial score (nSPS) is 11.1. The van der Waals surface area contributed by atoms with Gasteiger partial charge in [0.1, 0.15) is 5.52 Å². The van der Waals surface area contributed by atoms with Gasteiger partial charge in [0.15, 0.2) is 5.75 Å². The largest absolute Gasteiger partial charge is 0.505 e. The zero-order valence-electron chi connectivity index (χ0n) is 10.0. The molecule has 0 spiro atoms. The average Bonchev–Trinajstić information content (AvgIpc) is 2.36. The molecule has 0 fully saturated rings. The summed E-state index contributed by atoms with van der Waals surface area (Å²) in [5.41, 5.74) is 1.54. The maximum Gasteiger partial charge on any atom is 0.156 e. The number of pyridine rings is 1. The topological polar surface area (TPSA) is 45.1 Å². The van der Waals surface area contributed by atoms with Crippen molar-refractivity contribution in [3.05, 3.63) is 32.8 Å². The highest BCUT2D eigenvalue weighted by Crippen LogP contribution is 2.36. The fourth-order valence-electron chi connectivity index (χ4n) is 1.73. The number of phenols is 1. The van der Waals surface area contributed by atoms with Crippen molar-refractivity contribution in [2.75, 3.05) is 6.54 Å². The van der Waals surface area contributed by atoms with Gasteiger partial charge >= 0.3 is 0 Å². The quantitative estimate of drug-likeness (QED) is 0.797. The first kappa shape index (κ1) is 13.8. The third-order valence-electron chi connectivity index (χ3n) is 2.65. The summed E-state index contributed by atoms with van der Waals surface area (Å²) < 4.78 is 1.57. The lowest BCUT2D eigenvalue weighted by Crippen LogP contribution is -2.14. The van der Waals surface area contributed by atoms with E-state index in [1.807, 2.05) is 18.2 Å². The van der Waals surface area contributed by atoms with Crippen LogP contribution in [-0.4, -0.2) is 16.6 Å². The minimum absolute atomic E-state index is 0.186. The Bertz CT molecular complexity index is 572. The van der Waals surface area contributed by atoms with E-state index in [0.717, 1.165) is 28.5 Å². The van der Waals surface area contributed by atoms with Crippen LogP contribution in [0.25, 0.3) is 10.9 Å². The number of rotatable bonds is 4. The molecule has 18 heavy (non-hydrogen) atoms. The van der Waals surface area contributed by atoms with Gasteiger partial charge in [-0.1, -0.05) is 22.9 Å². The van der Waals surface area contributed by atoms with Crippen molar-refractivity contribution < 1.29 is 5.11 Å². The second-order valence-corrected chi connectivity index (χ2v) is 5.77. The SMILES string of the molecule is CCCNCc1ccc2c(Br)cc(Br)c(O)c2n1. The van der Waals surface area contributed by atoms with E-state index in [2.05, 4.69) is 49.1 Å². The maximum absolute atomic E-state index is 10.0. The average molecular weight is 374 g/mol. The Morgan fingerprint density at radius 3 is 2.78 bits per heavy atom. The molecule has 2 rings (SSSR count). The molecular formula is C13H14Br2N2O. The fourth-order valence-corrected chi connectivity index (χ4v) is 3.01. The molecule has 1 aromatic carbocycles. The van der Waals surface area contributed by atoms with Crippen LogP contribution in [0.3, 0.4) is 0 Å². The van der Waals surface area contributed by atoms with Gasteiger partial charge < -0.3 is 10.4 Å². The van der Waals surface area contributed by atoms with E-state index in [1.54, 1.807) is 0 Å². The minimum Gasteiger partial charge on any atom is -0.505 e. The molecule has 1 heterocycles. The molecule has 2 N–H and O–H groups in total.